The molecule has 0 saturated carbocycles. The van der Waals surface area contributed by atoms with Gasteiger partial charge in [-0.15, -0.1) is 0 Å². The van der Waals surface area contributed by atoms with Gasteiger partial charge < -0.3 is 19.1 Å². The molecule has 1 saturated heterocycles. The molecule has 2 aliphatic heterocycles. The van der Waals surface area contributed by atoms with Crippen molar-refractivity contribution in [2.45, 2.75) is 44.8 Å². The van der Waals surface area contributed by atoms with Gasteiger partial charge in [0.25, 0.3) is 5.91 Å². The van der Waals surface area contributed by atoms with E-state index in [9.17, 15) is 4.79 Å². The molecular formula is C18H25NO4. The van der Waals surface area contributed by atoms with Crippen LogP contribution in [0.3, 0.4) is 0 Å². The SMILES string of the molecule is CN(CC1CCCO1)C(=O)COc1cccc2c1OC(C)(C)C2. The van der Waals surface area contributed by atoms with E-state index in [0.29, 0.717) is 12.3 Å². The number of hydrogen-bond acceptors (Lipinski definition) is 4. The van der Waals surface area contributed by atoms with Crippen LogP contribution in [-0.2, 0) is 16.0 Å². The average molecular weight is 319 g/mol. The Morgan fingerprint density at radius 1 is 1.43 bits per heavy atom. The minimum atomic E-state index is -0.220. The molecule has 0 aliphatic carbocycles. The van der Waals surface area contributed by atoms with E-state index in [-0.39, 0.29) is 24.2 Å². The number of hydrogen-bond donors (Lipinski definition) is 0. The van der Waals surface area contributed by atoms with Crippen LogP contribution in [0.2, 0.25) is 0 Å². The fraction of sp³-hybridized carbons (Fsp3) is 0.611. The molecule has 1 aromatic carbocycles. The van der Waals surface area contributed by atoms with Crippen molar-refractivity contribution in [1.29, 1.82) is 0 Å². The summed E-state index contributed by atoms with van der Waals surface area (Å²) in [7, 11) is 1.79. The molecule has 0 N–H and O–H groups in total. The van der Waals surface area contributed by atoms with Crippen LogP contribution in [-0.4, -0.2) is 49.3 Å². The van der Waals surface area contributed by atoms with E-state index >= 15 is 0 Å². The lowest BCUT2D eigenvalue weighted by Gasteiger charge is -2.21. The number of likely N-dealkylation sites (N-methyl/N-ethyl adjacent to an activating group) is 1. The summed E-state index contributed by atoms with van der Waals surface area (Å²) in [6, 6.07) is 5.84. The first-order valence-electron chi connectivity index (χ1n) is 8.24. The first kappa shape index (κ1) is 16.1. The monoisotopic (exact) mass is 319 g/mol. The molecule has 1 unspecified atom stereocenters. The molecule has 5 heteroatoms. The maximum atomic E-state index is 12.2. The Kier molecular flexibility index (Phi) is 4.48. The van der Waals surface area contributed by atoms with Crippen LogP contribution in [0.5, 0.6) is 11.5 Å². The van der Waals surface area contributed by atoms with Crippen LogP contribution in [0, 0.1) is 0 Å². The number of rotatable bonds is 5. The highest BCUT2D eigenvalue weighted by Gasteiger charge is 2.32. The normalized spacial score (nSPS) is 21.6. The second kappa shape index (κ2) is 6.40. The highest BCUT2D eigenvalue weighted by molar-refractivity contribution is 5.77. The van der Waals surface area contributed by atoms with Gasteiger partial charge >= 0.3 is 0 Å². The van der Waals surface area contributed by atoms with Crippen molar-refractivity contribution in [3.05, 3.63) is 23.8 Å². The lowest BCUT2D eigenvalue weighted by atomic mass is 10.0. The van der Waals surface area contributed by atoms with Crippen molar-refractivity contribution in [3.63, 3.8) is 0 Å². The quantitative estimate of drug-likeness (QED) is 0.836. The molecular weight excluding hydrogens is 294 g/mol. The van der Waals surface area contributed by atoms with Gasteiger partial charge in [-0.05, 0) is 32.8 Å². The standard InChI is InChI=1S/C18H25NO4/c1-18(2)10-13-6-4-8-15(17(13)23-18)22-12-16(20)19(3)11-14-7-5-9-21-14/h4,6,8,14H,5,7,9-12H2,1-3H3. The number of carbonyl (C=O) groups excluding carboxylic acids is 1. The van der Waals surface area contributed by atoms with Crippen LogP contribution in [0.25, 0.3) is 0 Å². The number of amides is 1. The zero-order chi connectivity index (χ0) is 16.4. The van der Waals surface area contributed by atoms with Crippen LogP contribution in [0.4, 0.5) is 0 Å². The van der Waals surface area contributed by atoms with Gasteiger partial charge in [-0.1, -0.05) is 12.1 Å². The van der Waals surface area contributed by atoms with Gasteiger partial charge in [0.05, 0.1) is 6.10 Å². The molecule has 23 heavy (non-hydrogen) atoms. The molecule has 2 aliphatic rings. The first-order chi connectivity index (χ1) is 10.9. The second-order valence-electron chi connectivity index (χ2n) is 6.98. The van der Waals surface area contributed by atoms with E-state index in [1.807, 2.05) is 18.2 Å². The van der Waals surface area contributed by atoms with Crippen LogP contribution in [0.15, 0.2) is 18.2 Å². The Balaban J connectivity index is 1.56. The van der Waals surface area contributed by atoms with Crippen molar-refractivity contribution in [3.8, 4) is 11.5 Å². The summed E-state index contributed by atoms with van der Waals surface area (Å²) < 4.78 is 17.3. The third kappa shape index (κ3) is 3.78. The smallest absolute Gasteiger partial charge is 0.260 e. The van der Waals surface area contributed by atoms with E-state index in [1.165, 1.54) is 0 Å². The van der Waals surface area contributed by atoms with Gasteiger partial charge in [-0.25, -0.2) is 0 Å². The maximum absolute atomic E-state index is 12.2. The largest absolute Gasteiger partial charge is 0.483 e. The lowest BCUT2D eigenvalue weighted by Crippen LogP contribution is -2.37. The Morgan fingerprint density at radius 2 is 2.26 bits per heavy atom. The van der Waals surface area contributed by atoms with Crippen molar-refractivity contribution in [2.24, 2.45) is 0 Å². The molecule has 2 heterocycles. The summed E-state index contributed by atoms with van der Waals surface area (Å²) in [5.74, 6) is 1.37. The average Bonchev–Trinajstić information content (AvgIpc) is 3.10. The number of nitrogens with zero attached hydrogens (tertiary/aromatic N) is 1. The van der Waals surface area contributed by atoms with E-state index in [0.717, 1.165) is 37.2 Å². The number of ether oxygens (including phenoxy) is 3. The summed E-state index contributed by atoms with van der Waals surface area (Å²) >= 11 is 0. The molecule has 0 radical (unpaired) electrons. The predicted octanol–water partition coefficient (Wildman–Crippen LogP) is 2.42. The lowest BCUT2D eigenvalue weighted by molar-refractivity contribution is -0.133. The van der Waals surface area contributed by atoms with E-state index in [4.69, 9.17) is 14.2 Å². The summed E-state index contributed by atoms with van der Waals surface area (Å²) in [6.07, 6.45) is 3.11. The molecule has 1 fully saturated rings. The van der Waals surface area contributed by atoms with Crippen LogP contribution < -0.4 is 9.47 Å². The molecule has 1 atom stereocenters. The van der Waals surface area contributed by atoms with Crippen molar-refractivity contribution < 1.29 is 19.0 Å². The third-order valence-electron chi connectivity index (χ3n) is 4.33. The summed E-state index contributed by atoms with van der Waals surface area (Å²) in [5, 5.41) is 0. The summed E-state index contributed by atoms with van der Waals surface area (Å²) in [5.41, 5.74) is 0.912. The van der Waals surface area contributed by atoms with Gasteiger partial charge in [-0.2, -0.15) is 0 Å². The minimum absolute atomic E-state index is 0.0173. The number of para-hydroxylation sites is 1. The zero-order valence-corrected chi connectivity index (χ0v) is 14.1. The zero-order valence-electron chi connectivity index (χ0n) is 14.1. The minimum Gasteiger partial charge on any atom is -0.483 e. The van der Waals surface area contributed by atoms with Gasteiger partial charge in [0, 0.05) is 32.2 Å². The number of fused-ring (bicyclic) bond motifs is 1. The maximum Gasteiger partial charge on any atom is 0.260 e. The Morgan fingerprint density at radius 3 is 3.00 bits per heavy atom. The summed E-state index contributed by atoms with van der Waals surface area (Å²) in [6.45, 7) is 5.54. The topological polar surface area (TPSA) is 48.0 Å². The van der Waals surface area contributed by atoms with E-state index in [2.05, 4.69) is 13.8 Å². The van der Waals surface area contributed by atoms with Crippen molar-refractivity contribution >= 4 is 5.91 Å². The highest BCUT2D eigenvalue weighted by atomic mass is 16.5. The Hall–Kier alpha value is -1.75. The van der Waals surface area contributed by atoms with Gasteiger partial charge in [-0.3, -0.25) is 4.79 Å². The Bertz CT molecular complexity index is 578. The molecule has 3 rings (SSSR count). The van der Waals surface area contributed by atoms with Gasteiger partial charge in [0.1, 0.15) is 5.60 Å². The molecule has 5 nitrogen and oxygen atoms in total. The predicted molar refractivity (Wildman–Crippen MR) is 87.0 cm³/mol. The second-order valence-corrected chi connectivity index (χ2v) is 6.98. The summed E-state index contributed by atoms with van der Waals surface area (Å²) in [4.78, 5) is 13.9. The van der Waals surface area contributed by atoms with E-state index in [1.54, 1.807) is 11.9 Å². The van der Waals surface area contributed by atoms with Gasteiger partial charge in [0.2, 0.25) is 0 Å². The highest BCUT2D eigenvalue weighted by Crippen LogP contribution is 2.41. The van der Waals surface area contributed by atoms with Crippen LogP contribution in [0.1, 0.15) is 32.3 Å². The molecule has 0 bridgehead atoms. The molecule has 1 amide bonds. The fourth-order valence-electron chi connectivity index (χ4n) is 3.15. The molecule has 0 spiro atoms. The fourth-order valence-corrected chi connectivity index (χ4v) is 3.15. The van der Waals surface area contributed by atoms with Crippen LogP contribution >= 0.6 is 0 Å². The first-order valence-corrected chi connectivity index (χ1v) is 8.24. The third-order valence-corrected chi connectivity index (χ3v) is 4.33. The van der Waals surface area contributed by atoms with Crippen molar-refractivity contribution in [2.75, 3.05) is 26.8 Å². The van der Waals surface area contributed by atoms with E-state index < -0.39 is 0 Å². The molecule has 0 aromatic heterocycles. The van der Waals surface area contributed by atoms with Gasteiger partial charge in [0.15, 0.2) is 18.1 Å². The number of benzene rings is 1. The number of carbonyl (C=O) groups is 1. The molecule has 1 aromatic rings. The van der Waals surface area contributed by atoms with Crippen molar-refractivity contribution in [1.82, 2.24) is 4.90 Å². The Labute approximate surface area is 137 Å². The molecule has 126 valence electrons.